The van der Waals surface area contributed by atoms with E-state index in [9.17, 15) is 4.39 Å². The lowest BCUT2D eigenvalue weighted by Gasteiger charge is -2.08. The van der Waals surface area contributed by atoms with Gasteiger partial charge in [-0.05, 0) is 18.2 Å². The highest BCUT2D eigenvalue weighted by Crippen LogP contribution is 2.39. The molecule has 76 valence electrons. The van der Waals surface area contributed by atoms with Gasteiger partial charge in [0.15, 0.2) is 0 Å². The molecule has 3 heteroatoms. The topological polar surface area (TPSA) is 13.1 Å². The van der Waals surface area contributed by atoms with Crippen LogP contribution in [-0.4, -0.2) is 0 Å². The van der Waals surface area contributed by atoms with Crippen LogP contribution >= 0.6 is 11.6 Å². The minimum absolute atomic E-state index is 0.421. The molecule has 1 atom stereocenters. The van der Waals surface area contributed by atoms with Crippen molar-refractivity contribution in [2.75, 3.05) is 0 Å². The van der Waals surface area contributed by atoms with E-state index in [0.717, 1.165) is 5.39 Å². The first-order valence-corrected chi connectivity index (χ1v) is 5.16. The highest BCUT2D eigenvalue weighted by Gasteiger charge is 2.23. The zero-order valence-electron chi connectivity index (χ0n) is 7.84. The first kappa shape index (κ1) is 8.98. The third-order valence-corrected chi connectivity index (χ3v) is 2.88. The van der Waals surface area contributed by atoms with Crippen molar-refractivity contribution in [2.45, 2.75) is 12.6 Å². The SMILES string of the molecule is FC1CC=Cc2oc3cc(Cl)ccc3c21. The number of furan rings is 1. The van der Waals surface area contributed by atoms with Crippen molar-refractivity contribution in [2.24, 2.45) is 0 Å². The van der Waals surface area contributed by atoms with Crippen LogP contribution in [0.4, 0.5) is 4.39 Å². The molecule has 2 aromatic rings. The van der Waals surface area contributed by atoms with Gasteiger partial charge < -0.3 is 4.42 Å². The Bertz CT molecular complexity index is 556. The summed E-state index contributed by atoms with van der Waals surface area (Å²) in [6.45, 7) is 0. The summed E-state index contributed by atoms with van der Waals surface area (Å²) in [7, 11) is 0. The molecule has 0 fully saturated rings. The maximum atomic E-state index is 13.7. The molecule has 1 aliphatic carbocycles. The van der Waals surface area contributed by atoms with Crippen molar-refractivity contribution >= 4 is 28.6 Å². The van der Waals surface area contributed by atoms with Gasteiger partial charge in [0.2, 0.25) is 0 Å². The first-order valence-electron chi connectivity index (χ1n) is 4.78. The molecule has 0 aliphatic heterocycles. The van der Waals surface area contributed by atoms with Gasteiger partial charge in [0.1, 0.15) is 17.5 Å². The molecule has 3 rings (SSSR count). The first-order chi connectivity index (χ1) is 7.25. The predicted octanol–water partition coefficient (Wildman–Crippen LogP) is 4.51. The second kappa shape index (κ2) is 3.11. The molecule has 0 bridgehead atoms. The Balaban J connectivity index is 2.37. The average Bonchev–Trinajstić information content (AvgIpc) is 2.56. The van der Waals surface area contributed by atoms with E-state index < -0.39 is 6.17 Å². The van der Waals surface area contributed by atoms with Crippen LogP contribution in [0.1, 0.15) is 23.9 Å². The lowest BCUT2D eigenvalue weighted by atomic mass is 9.99. The minimum atomic E-state index is -0.965. The summed E-state index contributed by atoms with van der Waals surface area (Å²) in [6, 6.07) is 5.28. The molecule has 15 heavy (non-hydrogen) atoms. The quantitative estimate of drug-likeness (QED) is 0.639. The Hall–Kier alpha value is -1.28. The van der Waals surface area contributed by atoms with Crippen molar-refractivity contribution in [1.82, 2.24) is 0 Å². The van der Waals surface area contributed by atoms with Crippen LogP contribution in [0.5, 0.6) is 0 Å². The zero-order valence-corrected chi connectivity index (χ0v) is 8.59. The van der Waals surface area contributed by atoms with E-state index in [1.54, 1.807) is 18.2 Å². The molecule has 1 nitrogen and oxygen atoms in total. The summed E-state index contributed by atoms with van der Waals surface area (Å²) in [6.07, 6.45) is 3.06. The lowest BCUT2D eigenvalue weighted by molar-refractivity contribution is 0.342. The van der Waals surface area contributed by atoms with Crippen LogP contribution in [0.25, 0.3) is 17.0 Å². The van der Waals surface area contributed by atoms with Crippen molar-refractivity contribution in [3.8, 4) is 0 Å². The van der Waals surface area contributed by atoms with Crippen LogP contribution in [0.2, 0.25) is 5.02 Å². The number of fused-ring (bicyclic) bond motifs is 3. The maximum Gasteiger partial charge on any atom is 0.136 e. The van der Waals surface area contributed by atoms with Gasteiger partial charge in [-0.1, -0.05) is 17.7 Å². The molecular formula is C12H8ClFO. The number of rotatable bonds is 0. The second-order valence-electron chi connectivity index (χ2n) is 3.63. The second-order valence-corrected chi connectivity index (χ2v) is 4.06. The molecule has 0 spiro atoms. The number of hydrogen-bond acceptors (Lipinski definition) is 1. The predicted molar refractivity (Wildman–Crippen MR) is 58.7 cm³/mol. The minimum Gasteiger partial charge on any atom is -0.456 e. The van der Waals surface area contributed by atoms with E-state index in [1.807, 2.05) is 12.1 Å². The lowest BCUT2D eigenvalue weighted by Crippen LogP contribution is -1.94. The van der Waals surface area contributed by atoms with Crippen molar-refractivity contribution in [3.05, 3.63) is 40.6 Å². The van der Waals surface area contributed by atoms with E-state index >= 15 is 0 Å². The zero-order chi connectivity index (χ0) is 10.4. The van der Waals surface area contributed by atoms with Crippen LogP contribution in [0, 0.1) is 0 Å². The fraction of sp³-hybridized carbons (Fsp3) is 0.167. The van der Waals surface area contributed by atoms with Crippen LogP contribution in [0.3, 0.4) is 0 Å². The molecule has 0 saturated carbocycles. The Labute approximate surface area is 91.1 Å². The summed E-state index contributed by atoms with van der Waals surface area (Å²) in [5, 5.41) is 1.43. The molecule has 0 radical (unpaired) electrons. The largest absolute Gasteiger partial charge is 0.456 e. The number of alkyl halides is 1. The third kappa shape index (κ3) is 1.29. The van der Waals surface area contributed by atoms with Gasteiger partial charge in [-0.15, -0.1) is 0 Å². The maximum absolute atomic E-state index is 13.7. The smallest absolute Gasteiger partial charge is 0.136 e. The van der Waals surface area contributed by atoms with Crippen molar-refractivity contribution in [3.63, 3.8) is 0 Å². The fourth-order valence-electron chi connectivity index (χ4n) is 1.97. The highest BCUT2D eigenvalue weighted by molar-refractivity contribution is 6.31. The molecule has 1 heterocycles. The Morgan fingerprint density at radius 1 is 1.40 bits per heavy atom. The summed E-state index contributed by atoms with van der Waals surface area (Å²) in [5.41, 5.74) is 1.31. The molecule has 0 saturated heterocycles. The summed E-state index contributed by atoms with van der Waals surface area (Å²) >= 11 is 5.85. The van der Waals surface area contributed by atoms with Gasteiger partial charge in [0.25, 0.3) is 0 Å². The average molecular weight is 223 g/mol. The summed E-state index contributed by atoms with van der Waals surface area (Å²) in [5.74, 6) is 0.617. The molecular weight excluding hydrogens is 215 g/mol. The van der Waals surface area contributed by atoms with Gasteiger partial charge in [-0.2, -0.15) is 0 Å². The van der Waals surface area contributed by atoms with Gasteiger partial charge in [-0.3, -0.25) is 0 Å². The summed E-state index contributed by atoms with van der Waals surface area (Å²) < 4.78 is 19.2. The monoisotopic (exact) mass is 222 g/mol. The molecule has 1 unspecified atom stereocenters. The fourth-order valence-corrected chi connectivity index (χ4v) is 2.13. The van der Waals surface area contributed by atoms with E-state index in [0.29, 0.717) is 28.4 Å². The van der Waals surface area contributed by atoms with Crippen molar-refractivity contribution in [1.29, 1.82) is 0 Å². The van der Waals surface area contributed by atoms with Gasteiger partial charge in [0.05, 0.1) is 0 Å². The molecule has 0 N–H and O–H groups in total. The Kier molecular flexibility index (Phi) is 1.86. The van der Waals surface area contributed by atoms with Crippen LogP contribution < -0.4 is 0 Å². The van der Waals surface area contributed by atoms with E-state index in [-0.39, 0.29) is 0 Å². The van der Waals surface area contributed by atoms with E-state index in [1.165, 1.54) is 0 Å². The molecule has 1 aliphatic rings. The Morgan fingerprint density at radius 2 is 2.27 bits per heavy atom. The van der Waals surface area contributed by atoms with Crippen LogP contribution in [0.15, 0.2) is 28.7 Å². The van der Waals surface area contributed by atoms with Crippen LogP contribution in [-0.2, 0) is 0 Å². The number of benzene rings is 1. The van der Waals surface area contributed by atoms with E-state index in [2.05, 4.69) is 0 Å². The number of halogens is 2. The standard InChI is InChI=1S/C12H8ClFO/c13-7-4-5-8-11(6-7)15-10-3-1-2-9(14)12(8)10/h1,3-6,9H,2H2. The Morgan fingerprint density at radius 3 is 3.13 bits per heavy atom. The number of allylic oxidation sites excluding steroid dienone is 1. The van der Waals surface area contributed by atoms with E-state index in [4.69, 9.17) is 16.0 Å². The number of hydrogen-bond donors (Lipinski definition) is 0. The molecule has 1 aromatic heterocycles. The third-order valence-electron chi connectivity index (χ3n) is 2.64. The van der Waals surface area contributed by atoms with Crippen molar-refractivity contribution < 1.29 is 8.81 Å². The van der Waals surface area contributed by atoms with Gasteiger partial charge in [-0.25, -0.2) is 4.39 Å². The highest BCUT2D eigenvalue weighted by atomic mass is 35.5. The normalized spacial score (nSPS) is 19.5. The molecule has 1 aromatic carbocycles. The van der Waals surface area contributed by atoms with Gasteiger partial charge in [0, 0.05) is 28.5 Å². The molecule has 0 amide bonds. The van der Waals surface area contributed by atoms with Gasteiger partial charge >= 0.3 is 0 Å². The summed E-state index contributed by atoms with van der Waals surface area (Å²) in [4.78, 5) is 0.